The van der Waals surface area contributed by atoms with Crippen molar-refractivity contribution in [1.29, 1.82) is 0 Å². The summed E-state index contributed by atoms with van der Waals surface area (Å²) >= 11 is 0. The molecule has 1 aromatic carbocycles. The minimum absolute atomic E-state index is 0. The minimum atomic E-state index is -0.487. The standard InChI is InChI=1S/C22H34N6O2.HI/c1-16-25-18-9-6-7-10-19(18)28(16)13-8-12-24-20(23-5)27-14-11-17(15-27)26-21(29)30-22(2,3)4;/h6-7,9-10,17H,8,11-15H2,1-5H3,(H,23,24)(H,26,29);1H. The fraction of sp³-hybridized carbons (Fsp3) is 0.591. The Bertz CT molecular complexity index is 905. The van der Waals surface area contributed by atoms with Gasteiger partial charge in [-0.05, 0) is 52.7 Å². The molecule has 0 aliphatic carbocycles. The average molecular weight is 542 g/mol. The molecular weight excluding hydrogens is 507 g/mol. The molecule has 8 nitrogen and oxygen atoms in total. The number of aromatic nitrogens is 2. The Morgan fingerprint density at radius 2 is 2.06 bits per heavy atom. The van der Waals surface area contributed by atoms with Crippen LogP contribution in [0.3, 0.4) is 0 Å². The second-order valence-corrected chi connectivity index (χ2v) is 8.70. The molecule has 1 unspecified atom stereocenters. The fourth-order valence-electron chi connectivity index (χ4n) is 3.79. The quantitative estimate of drug-likeness (QED) is 0.262. The number of nitrogens with one attached hydrogen (secondary N) is 2. The molecule has 1 fully saturated rings. The highest BCUT2D eigenvalue weighted by atomic mass is 127. The lowest BCUT2D eigenvalue weighted by Crippen LogP contribution is -2.44. The number of benzene rings is 1. The van der Waals surface area contributed by atoms with E-state index in [0.717, 1.165) is 56.3 Å². The van der Waals surface area contributed by atoms with Gasteiger partial charge >= 0.3 is 6.09 Å². The second-order valence-electron chi connectivity index (χ2n) is 8.70. The summed E-state index contributed by atoms with van der Waals surface area (Å²) in [5, 5.41) is 6.41. The van der Waals surface area contributed by atoms with Crippen LogP contribution in [-0.2, 0) is 11.3 Å². The third-order valence-corrected chi connectivity index (χ3v) is 5.11. The van der Waals surface area contributed by atoms with Gasteiger partial charge in [-0.15, -0.1) is 24.0 Å². The normalized spacial score (nSPS) is 16.9. The third kappa shape index (κ3) is 6.98. The van der Waals surface area contributed by atoms with Crippen LogP contribution < -0.4 is 10.6 Å². The lowest BCUT2D eigenvalue weighted by Gasteiger charge is -2.23. The molecule has 1 aromatic heterocycles. The molecule has 2 heterocycles. The van der Waals surface area contributed by atoms with Gasteiger partial charge in [0, 0.05) is 33.2 Å². The molecule has 31 heavy (non-hydrogen) atoms. The van der Waals surface area contributed by atoms with Gasteiger partial charge in [0.15, 0.2) is 5.96 Å². The van der Waals surface area contributed by atoms with Gasteiger partial charge in [-0.2, -0.15) is 0 Å². The SMILES string of the molecule is CN=C(NCCCn1c(C)nc2ccccc21)N1CCC(NC(=O)OC(C)(C)C)C1.I. The van der Waals surface area contributed by atoms with E-state index in [1.165, 1.54) is 5.52 Å². The van der Waals surface area contributed by atoms with E-state index in [0.29, 0.717) is 0 Å². The predicted molar refractivity (Wildman–Crippen MR) is 135 cm³/mol. The van der Waals surface area contributed by atoms with Crippen molar-refractivity contribution in [2.45, 2.75) is 58.7 Å². The zero-order chi connectivity index (χ0) is 21.7. The first kappa shape index (κ1) is 25.2. The number of aliphatic imine (C=N–C) groups is 1. The van der Waals surface area contributed by atoms with Gasteiger partial charge in [-0.1, -0.05) is 12.1 Å². The highest BCUT2D eigenvalue weighted by Crippen LogP contribution is 2.16. The molecule has 1 aliphatic heterocycles. The minimum Gasteiger partial charge on any atom is -0.444 e. The summed E-state index contributed by atoms with van der Waals surface area (Å²) in [5.41, 5.74) is 1.73. The molecular formula is C22H35IN6O2. The Morgan fingerprint density at radius 3 is 2.77 bits per heavy atom. The summed E-state index contributed by atoms with van der Waals surface area (Å²) in [6.07, 6.45) is 1.48. The number of guanidine groups is 1. The van der Waals surface area contributed by atoms with E-state index < -0.39 is 5.60 Å². The van der Waals surface area contributed by atoms with Crippen LogP contribution in [0.25, 0.3) is 11.0 Å². The lowest BCUT2D eigenvalue weighted by atomic mass is 10.2. The summed E-state index contributed by atoms with van der Waals surface area (Å²) in [4.78, 5) is 23.2. The molecule has 1 amide bonds. The third-order valence-electron chi connectivity index (χ3n) is 5.11. The lowest BCUT2D eigenvalue weighted by molar-refractivity contribution is 0.0507. The van der Waals surface area contributed by atoms with Crippen LogP contribution in [0.1, 0.15) is 39.4 Å². The van der Waals surface area contributed by atoms with E-state index >= 15 is 0 Å². The molecule has 2 N–H and O–H groups in total. The first-order valence-electron chi connectivity index (χ1n) is 10.6. The fourth-order valence-corrected chi connectivity index (χ4v) is 3.79. The number of hydrogen-bond acceptors (Lipinski definition) is 4. The number of likely N-dealkylation sites (tertiary alicyclic amines) is 1. The molecule has 1 aliphatic rings. The summed E-state index contributed by atoms with van der Waals surface area (Å²) in [6.45, 7) is 11.0. The number of nitrogens with zero attached hydrogens (tertiary/aromatic N) is 4. The number of rotatable bonds is 5. The topological polar surface area (TPSA) is 83.8 Å². The Labute approximate surface area is 201 Å². The number of hydrogen-bond donors (Lipinski definition) is 2. The highest BCUT2D eigenvalue weighted by molar-refractivity contribution is 14.0. The van der Waals surface area contributed by atoms with E-state index in [-0.39, 0.29) is 36.1 Å². The largest absolute Gasteiger partial charge is 0.444 e. The maximum absolute atomic E-state index is 12.0. The molecule has 9 heteroatoms. The van der Waals surface area contributed by atoms with Crippen LogP contribution in [0, 0.1) is 6.92 Å². The maximum atomic E-state index is 12.0. The van der Waals surface area contributed by atoms with Gasteiger partial charge in [0.2, 0.25) is 0 Å². The van der Waals surface area contributed by atoms with Gasteiger partial charge < -0.3 is 24.8 Å². The first-order chi connectivity index (χ1) is 14.3. The van der Waals surface area contributed by atoms with Gasteiger partial charge in [0.25, 0.3) is 0 Å². The first-order valence-corrected chi connectivity index (χ1v) is 10.6. The van der Waals surface area contributed by atoms with Crippen LogP contribution >= 0.6 is 24.0 Å². The van der Waals surface area contributed by atoms with Gasteiger partial charge in [0.1, 0.15) is 11.4 Å². The number of alkyl carbamates (subject to hydrolysis) is 1. The van der Waals surface area contributed by atoms with Crippen LogP contribution in [-0.4, -0.2) is 64.8 Å². The summed E-state index contributed by atoms with van der Waals surface area (Å²) in [6, 6.07) is 8.30. The zero-order valence-electron chi connectivity index (χ0n) is 19.1. The van der Waals surface area contributed by atoms with Crippen molar-refractivity contribution < 1.29 is 9.53 Å². The average Bonchev–Trinajstić information content (AvgIpc) is 3.24. The smallest absolute Gasteiger partial charge is 0.407 e. The van der Waals surface area contributed by atoms with Gasteiger partial charge in [0.05, 0.1) is 17.1 Å². The van der Waals surface area contributed by atoms with Crippen molar-refractivity contribution in [2.75, 3.05) is 26.7 Å². The second kappa shape index (κ2) is 11.0. The Morgan fingerprint density at radius 1 is 1.32 bits per heavy atom. The number of fused-ring (bicyclic) bond motifs is 1. The number of carbonyl (C=O) groups excluding carboxylic acids is 1. The van der Waals surface area contributed by atoms with Crippen LogP contribution in [0.4, 0.5) is 4.79 Å². The monoisotopic (exact) mass is 542 g/mol. The Balaban J connectivity index is 0.00000341. The molecule has 172 valence electrons. The number of imidazole rings is 1. The number of aryl methyl sites for hydroxylation is 2. The van der Waals surface area contributed by atoms with Gasteiger partial charge in [-0.3, -0.25) is 4.99 Å². The maximum Gasteiger partial charge on any atom is 0.407 e. The highest BCUT2D eigenvalue weighted by Gasteiger charge is 2.27. The van der Waals surface area contributed by atoms with Crippen molar-refractivity contribution in [2.24, 2.45) is 4.99 Å². The van der Waals surface area contributed by atoms with Crippen molar-refractivity contribution in [1.82, 2.24) is 25.1 Å². The Kier molecular flexibility index (Phi) is 8.96. The number of ether oxygens (including phenoxy) is 1. The summed E-state index contributed by atoms with van der Waals surface area (Å²) < 4.78 is 7.62. The van der Waals surface area contributed by atoms with E-state index in [4.69, 9.17) is 4.74 Å². The van der Waals surface area contributed by atoms with Crippen LogP contribution in [0.5, 0.6) is 0 Å². The predicted octanol–water partition coefficient (Wildman–Crippen LogP) is 3.53. The van der Waals surface area contributed by atoms with E-state index in [2.05, 4.69) is 42.2 Å². The zero-order valence-corrected chi connectivity index (χ0v) is 21.5. The van der Waals surface area contributed by atoms with Crippen molar-refractivity contribution in [3.05, 3.63) is 30.1 Å². The van der Waals surface area contributed by atoms with Crippen molar-refractivity contribution >= 4 is 47.1 Å². The molecule has 0 saturated carbocycles. The van der Waals surface area contributed by atoms with Gasteiger partial charge in [-0.25, -0.2) is 9.78 Å². The molecule has 0 spiro atoms. The molecule has 3 rings (SSSR count). The van der Waals surface area contributed by atoms with E-state index in [1.54, 1.807) is 7.05 Å². The van der Waals surface area contributed by atoms with Crippen molar-refractivity contribution in [3.8, 4) is 0 Å². The molecule has 2 aromatic rings. The number of carbonyl (C=O) groups is 1. The van der Waals surface area contributed by atoms with Crippen LogP contribution in [0.15, 0.2) is 29.3 Å². The van der Waals surface area contributed by atoms with E-state index in [1.807, 2.05) is 39.8 Å². The number of amides is 1. The Hall–Kier alpha value is -2.04. The molecule has 0 radical (unpaired) electrons. The van der Waals surface area contributed by atoms with Crippen LogP contribution in [0.2, 0.25) is 0 Å². The molecule has 1 atom stereocenters. The number of halogens is 1. The summed E-state index contributed by atoms with van der Waals surface area (Å²) in [7, 11) is 1.80. The molecule has 0 bridgehead atoms. The summed E-state index contributed by atoms with van der Waals surface area (Å²) in [5.74, 6) is 1.91. The van der Waals surface area contributed by atoms with E-state index in [9.17, 15) is 4.79 Å². The molecule has 1 saturated heterocycles. The van der Waals surface area contributed by atoms with Crippen molar-refractivity contribution in [3.63, 3.8) is 0 Å². The number of para-hydroxylation sites is 2.